The van der Waals surface area contributed by atoms with Crippen LogP contribution >= 0.6 is 0 Å². The van der Waals surface area contributed by atoms with Crippen molar-refractivity contribution < 1.29 is 17.9 Å². The molecule has 0 unspecified atom stereocenters. The molecule has 6 rings (SSSR count). The van der Waals surface area contributed by atoms with Crippen LogP contribution in [0.15, 0.2) is 71.9 Å². The highest BCUT2D eigenvalue weighted by atomic mass is 32.2. The quantitative estimate of drug-likeness (QED) is 0.272. The summed E-state index contributed by atoms with van der Waals surface area (Å²) in [7, 11) is -3.69. The van der Waals surface area contributed by atoms with E-state index in [9.17, 15) is 18.5 Å². The number of nitriles is 1. The number of hydrogen-bond acceptors (Lipinski definition) is 9. The number of anilines is 2. The van der Waals surface area contributed by atoms with Gasteiger partial charge in [-0.15, -0.1) is 0 Å². The Balaban J connectivity index is 1.33. The lowest BCUT2D eigenvalue weighted by Crippen LogP contribution is -2.55. The minimum absolute atomic E-state index is 0.102. The Bertz CT molecular complexity index is 1870. The largest absolute Gasteiger partial charge is 0.445 e. The zero-order chi connectivity index (χ0) is 31.6. The molecule has 10 nitrogen and oxygen atoms in total. The summed E-state index contributed by atoms with van der Waals surface area (Å²) in [5.74, 6) is 0.546. The van der Waals surface area contributed by atoms with Crippen LogP contribution in [0.5, 0.6) is 0 Å². The van der Waals surface area contributed by atoms with Crippen molar-refractivity contribution in [2.75, 3.05) is 42.2 Å². The number of piperazine rings is 1. The minimum atomic E-state index is -3.69. The molecule has 2 aliphatic heterocycles. The third-order valence-corrected chi connectivity index (χ3v) is 9.40. The number of rotatable bonds is 6. The Morgan fingerprint density at radius 3 is 2.53 bits per heavy atom. The Morgan fingerprint density at radius 2 is 1.78 bits per heavy atom. The maximum Gasteiger partial charge on any atom is 0.410 e. The van der Waals surface area contributed by atoms with Gasteiger partial charge in [0.25, 0.3) is 0 Å². The van der Waals surface area contributed by atoms with E-state index in [0.29, 0.717) is 38.4 Å². The first-order chi connectivity index (χ1) is 21.7. The van der Waals surface area contributed by atoms with Crippen molar-refractivity contribution in [3.8, 4) is 6.07 Å². The highest BCUT2D eigenvalue weighted by molar-refractivity contribution is 7.90. The van der Waals surface area contributed by atoms with Crippen LogP contribution in [-0.4, -0.2) is 67.9 Å². The van der Waals surface area contributed by atoms with Gasteiger partial charge in [-0.25, -0.2) is 23.2 Å². The number of carbonyl (C=O) groups excluding carboxylic acids is 1. The van der Waals surface area contributed by atoms with Crippen LogP contribution in [0.1, 0.15) is 35.2 Å². The van der Waals surface area contributed by atoms with E-state index in [-0.39, 0.29) is 18.2 Å². The summed E-state index contributed by atoms with van der Waals surface area (Å²) in [6.45, 7) is 4.56. The van der Waals surface area contributed by atoms with E-state index < -0.39 is 22.0 Å². The minimum Gasteiger partial charge on any atom is -0.445 e. The lowest BCUT2D eigenvalue weighted by atomic mass is 10.0. The Hall–Kier alpha value is -4.69. The predicted molar refractivity (Wildman–Crippen MR) is 173 cm³/mol. The highest BCUT2D eigenvalue weighted by Gasteiger charge is 2.35. The second-order valence-corrected chi connectivity index (χ2v) is 13.6. The van der Waals surface area contributed by atoms with Crippen LogP contribution in [0.25, 0.3) is 10.8 Å². The Kier molecular flexibility index (Phi) is 8.59. The molecule has 0 saturated carbocycles. The first-order valence-electron chi connectivity index (χ1n) is 15.2. The fourth-order valence-corrected chi connectivity index (χ4v) is 6.87. The summed E-state index contributed by atoms with van der Waals surface area (Å²) in [4.78, 5) is 28.3. The van der Waals surface area contributed by atoms with Gasteiger partial charge in [-0.2, -0.15) is 5.26 Å². The van der Waals surface area contributed by atoms with Crippen LogP contribution in [0.3, 0.4) is 0 Å². The lowest BCUT2D eigenvalue weighted by molar-refractivity contribution is 0.0768. The van der Waals surface area contributed by atoms with Gasteiger partial charge in [0.2, 0.25) is 15.0 Å². The van der Waals surface area contributed by atoms with Gasteiger partial charge in [0.05, 0.1) is 24.2 Å². The standard InChI is InChI=1S/C34H36N6O4S/c1-24-9-6-12-26-13-7-15-30(31(24)26)38-18-8-14-29-28(22-38)32(37-33(36-29)45(2,42)43)39-19-20-40(27(21-39)16-17-35)34(41)44-23-25-10-4-3-5-11-25/h3-7,9-13,15,27H,8,14,16,18-23H2,1-2H3/t27-/m0/s1. The van der Waals surface area contributed by atoms with Gasteiger partial charge in [-0.3, -0.25) is 0 Å². The molecule has 45 heavy (non-hydrogen) atoms. The van der Waals surface area contributed by atoms with Crippen LogP contribution in [0, 0.1) is 18.3 Å². The van der Waals surface area contributed by atoms with Crippen LogP contribution < -0.4 is 9.80 Å². The van der Waals surface area contributed by atoms with E-state index in [2.05, 4.69) is 64.3 Å². The number of sulfone groups is 1. The van der Waals surface area contributed by atoms with E-state index in [1.165, 1.54) is 10.9 Å². The van der Waals surface area contributed by atoms with Crippen molar-refractivity contribution in [3.63, 3.8) is 0 Å². The molecule has 1 saturated heterocycles. The molecule has 0 N–H and O–H groups in total. The second kappa shape index (κ2) is 12.7. The number of amides is 1. The molecule has 3 heterocycles. The van der Waals surface area contributed by atoms with Gasteiger partial charge >= 0.3 is 6.09 Å². The number of nitrogens with zero attached hydrogens (tertiary/aromatic N) is 6. The van der Waals surface area contributed by atoms with E-state index in [4.69, 9.17) is 4.74 Å². The van der Waals surface area contributed by atoms with Crippen LogP contribution in [0.4, 0.5) is 16.3 Å². The zero-order valence-electron chi connectivity index (χ0n) is 25.5. The summed E-state index contributed by atoms with van der Waals surface area (Å²) < 4.78 is 31.1. The molecule has 0 bridgehead atoms. The van der Waals surface area contributed by atoms with E-state index in [1.807, 2.05) is 35.2 Å². The summed E-state index contributed by atoms with van der Waals surface area (Å²) in [6.07, 6.45) is 2.16. The third-order valence-electron chi connectivity index (χ3n) is 8.55. The summed E-state index contributed by atoms with van der Waals surface area (Å²) in [6, 6.07) is 23.8. The molecule has 11 heteroatoms. The topological polar surface area (TPSA) is 120 Å². The molecule has 0 aliphatic carbocycles. The van der Waals surface area contributed by atoms with Gasteiger partial charge in [0, 0.05) is 55.6 Å². The van der Waals surface area contributed by atoms with Crippen molar-refractivity contribution in [1.82, 2.24) is 14.9 Å². The van der Waals surface area contributed by atoms with Gasteiger partial charge in [-0.1, -0.05) is 60.7 Å². The van der Waals surface area contributed by atoms with Crippen molar-refractivity contribution in [2.24, 2.45) is 0 Å². The molecular formula is C34H36N6O4S. The van der Waals surface area contributed by atoms with Crippen LogP contribution in [-0.2, 0) is 34.1 Å². The van der Waals surface area contributed by atoms with E-state index >= 15 is 0 Å². The summed E-state index contributed by atoms with van der Waals surface area (Å²) in [5.41, 5.74) is 4.78. The Labute approximate surface area is 263 Å². The smallest absolute Gasteiger partial charge is 0.410 e. The fourth-order valence-electron chi connectivity index (χ4n) is 6.34. The maximum absolute atomic E-state index is 13.2. The second-order valence-electron chi connectivity index (χ2n) is 11.7. The number of fused-ring (bicyclic) bond motifs is 2. The zero-order valence-corrected chi connectivity index (χ0v) is 26.3. The number of aromatic nitrogens is 2. The van der Waals surface area contributed by atoms with Gasteiger partial charge in [-0.05, 0) is 42.3 Å². The molecule has 1 atom stereocenters. The summed E-state index contributed by atoms with van der Waals surface area (Å²) >= 11 is 0. The normalized spacial score (nSPS) is 17.0. The molecule has 1 amide bonds. The van der Waals surface area contributed by atoms with Crippen molar-refractivity contribution in [1.29, 1.82) is 5.26 Å². The molecule has 3 aromatic carbocycles. The fraction of sp³-hybridized carbons (Fsp3) is 0.353. The highest BCUT2D eigenvalue weighted by Crippen LogP contribution is 2.35. The molecule has 232 valence electrons. The maximum atomic E-state index is 13.2. The van der Waals surface area contributed by atoms with E-state index in [0.717, 1.165) is 47.1 Å². The van der Waals surface area contributed by atoms with Crippen molar-refractivity contribution >= 4 is 38.2 Å². The first-order valence-corrected chi connectivity index (χ1v) is 17.0. The number of aryl methyl sites for hydroxylation is 2. The predicted octanol–water partition coefficient (Wildman–Crippen LogP) is 5.04. The average molecular weight is 625 g/mol. The first kappa shape index (κ1) is 30.3. The lowest BCUT2D eigenvalue weighted by Gasteiger charge is -2.41. The molecule has 1 fully saturated rings. The van der Waals surface area contributed by atoms with Crippen molar-refractivity contribution in [3.05, 3.63) is 89.1 Å². The van der Waals surface area contributed by atoms with E-state index in [1.54, 1.807) is 4.90 Å². The van der Waals surface area contributed by atoms with Gasteiger partial charge in [0.15, 0.2) is 0 Å². The van der Waals surface area contributed by atoms with Gasteiger partial charge in [0.1, 0.15) is 12.4 Å². The summed E-state index contributed by atoms with van der Waals surface area (Å²) in [5, 5.41) is 11.8. The number of benzene rings is 3. The number of ether oxygens (including phenoxy) is 1. The van der Waals surface area contributed by atoms with Crippen molar-refractivity contribution in [2.45, 2.75) is 50.5 Å². The molecular weight excluding hydrogens is 588 g/mol. The average Bonchev–Trinajstić information content (AvgIpc) is 3.26. The molecule has 2 aliphatic rings. The molecule has 0 radical (unpaired) electrons. The Morgan fingerprint density at radius 1 is 1.00 bits per heavy atom. The monoisotopic (exact) mass is 624 g/mol. The SMILES string of the molecule is Cc1cccc2cccc(N3CCCc4nc(S(C)(=O)=O)nc(N5CCN(C(=O)OCc6ccccc6)[C@@H](CC#N)C5)c4C3)c12. The molecule has 4 aromatic rings. The molecule has 1 aromatic heterocycles. The van der Waals surface area contributed by atoms with Gasteiger partial charge < -0.3 is 19.4 Å². The third kappa shape index (κ3) is 6.42. The number of carbonyl (C=O) groups is 1. The number of hydrogen-bond donors (Lipinski definition) is 0. The van der Waals surface area contributed by atoms with Crippen LogP contribution in [0.2, 0.25) is 0 Å². The molecule has 0 spiro atoms.